The summed E-state index contributed by atoms with van der Waals surface area (Å²) in [5.41, 5.74) is 4.66. The van der Waals surface area contributed by atoms with Crippen LogP contribution in [0.3, 0.4) is 0 Å². The normalized spacial score (nSPS) is 13.4. The summed E-state index contributed by atoms with van der Waals surface area (Å²) in [4.78, 5) is 20.4. The Morgan fingerprint density at radius 3 is 2.80 bits per heavy atom. The molecule has 0 spiro atoms. The Balaban J connectivity index is 1.42. The number of fused-ring (bicyclic) bond motifs is 3. The molecule has 0 unspecified atom stereocenters. The second-order valence-corrected chi connectivity index (χ2v) is 7.61. The fourth-order valence-electron chi connectivity index (χ4n) is 3.22. The number of aromatic nitrogens is 2. The van der Waals surface area contributed by atoms with Gasteiger partial charge in [-0.15, -0.1) is 11.8 Å². The van der Waals surface area contributed by atoms with Crippen LogP contribution in [0.4, 0.5) is 5.95 Å². The van der Waals surface area contributed by atoms with Crippen molar-refractivity contribution in [2.75, 3.05) is 17.2 Å². The summed E-state index contributed by atoms with van der Waals surface area (Å²) in [6.07, 6.45) is 0.529. The Hall–Kier alpha value is -2.27. The predicted molar refractivity (Wildman–Crippen MR) is 103 cm³/mol. The van der Waals surface area contributed by atoms with E-state index in [1.807, 2.05) is 23.1 Å². The van der Waals surface area contributed by atoms with Gasteiger partial charge < -0.3 is 4.57 Å². The molecule has 1 aliphatic rings. The van der Waals surface area contributed by atoms with Crippen molar-refractivity contribution in [3.8, 4) is 0 Å². The average molecular weight is 351 g/mol. The molecular formula is C20H21N3OS. The molecule has 0 saturated heterocycles. The number of benzene rings is 2. The number of aryl methyl sites for hydroxylation is 2. The van der Waals surface area contributed by atoms with Crippen LogP contribution in [0.2, 0.25) is 0 Å². The first kappa shape index (κ1) is 16.2. The molecule has 128 valence electrons. The first-order valence-corrected chi connectivity index (χ1v) is 9.58. The molecule has 0 radical (unpaired) electrons. The van der Waals surface area contributed by atoms with Crippen LogP contribution in [0.15, 0.2) is 47.4 Å². The first-order valence-electron chi connectivity index (χ1n) is 8.59. The van der Waals surface area contributed by atoms with Crippen molar-refractivity contribution in [1.82, 2.24) is 9.55 Å². The van der Waals surface area contributed by atoms with Crippen LogP contribution in [0.25, 0.3) is 11.0 Å². The SMILES string of the molecule is Cc1ccc(SCCC(=O)N2CCn3c2nc2ccccc23)cc1C. The summed E-state index contributed by atoms with van der Waals surface area (Å²) in [5.74, 6) is 1.74. The van der Waals surface area contributed by atoms with Crippen molar-refractivity contribution < 1.29 is 4.79 Å². The van der Waals surface area contributed by atoms with Crippen molar-refractivity contribution in [3.63, 3.8) is 0 Å². The van der Waals surface area contributed by atoms with E-state index in [2.05, 4.69) is 47.7 Å². The van der Waals surface area contributed by atoms with Gasteiger partial charge in [-0.05, 0) is 49.2 Å². The number of amides is 1. The number of hydrogen-bond donors (Lipinski definition) is 0. The monoisotopic (exact) mass is 351 g/mol. The minimum absolute atomic E-state index is 0.158. The van der Waals surface area contributed by atoms with E-state index < -0.39 is 0 Å². The van der Waals surface area contributed by atoms with Gasteiger partial charge in [-0.25, -0.2) is 4.98 Å². The Kier molecular flexibility index (Phi) is 4.25. The number of imidazole rings is 1. The molecule has 0 bridgehead atoms. The third-order valence-corrected chi connectivity index (χ3v) is 5.78. The summed E-state index contributed by atoms with van der Waals surface area (Å²) < 4.78 is 2.14. The highest BCUT2D eigenvalue weighted by atomic mass is 32.2. The third kappa shape index (κ3) is 3.04. The Morgan fingerprint density at radius 2 is 1.96 bits per heavy atom. The smallest absolute Gasteiger partial charge is 0.230 e. The fourth-order valence-corrected chi connectivity index (χ4v) is 4.16. The van der Waals surface area contributed by atoms with Gasteiger partial charge in [0.15, 0.2) is 0 Å². The van der Waals surface area contributed by atoms with Gasteiger partial charge in [-0.3, -0.25) is 9.69 Å². The first-order chi connectivity index (χ1) is 12.1. The number of nitrogens with zero attached hydrogens (tertiary/aromatic N) is 3. The number of carbonyl (C=O) groups excluding carboxylic acids is 1. The van der Waals surface area contributed by atoms with E-state index in [0.717, 1.165) is 35.8 Å². The van der Waals surface area contributed by atoms with Gasteiger partial charge in [0.25, 0.3) is 0 Å². The largest absolute Gasteiger partial charge is 0.308 e. The Labute approximate surface area is 151 Å². The standard InChI is InChI=1S/C20H21N3OS/c1-14-7-8-16(13-15(14)2)25-12-9-19(24)23-11-10-22-18-6-4-3-5-17(18)21-20(22)23/h3-8,13H,9-12H2,1-2H3. The summed E-state index contributed by atoms with van der Waals surface area (Å²) >= 11 is 1.74. The van der Waals surface area contributed by atoms with Gasteiger partial charge in [-0.1, -0.05) is 18.2 Å². The lowest BCUT2D eigenvalue weighted by molar-refractivity contribution is -0.118. The van der Waals surface area contributed by atoms with Gasteiger partial charge in [0, 0.05) is 30.2 Å². The number of rotatable bonds is 4. The van der Waals surface area contributed by atoms with E-state index in [-0.39, 0.29) is 5.91 Å². The molecule has 0 atom stereocenters. The highest BCUT2D eigenvalue weighted by Gasteiger charge is 2.27. The molecule has 1 aromatic heterocycles. The van der Waals surface area contributed by atoms with E-state index >= 15 is 0 Å². The maximum atomic E-state index is 12.7. The van der Waals surface area contributed by atoms with Gasteiger partial charge >= 0.3 is 0 Å². The molecule has 3 aromatic rings. The summed E-state index contributed by atoms with van der Waals surface area (Å²) in [6, 6.07) is 14.5. The van der Waals surface area contributed by atoms with Crippen LogP contribution in [-0.2, 0) is 11.3 Å². The van der Waals surface area contributed by atoms with Crippen molar-refractivity contribution >= 4 is 34.7 Å². The Morgan fingerprint density at radius 1 is 1.12 bits per heavy atom. The lowest BCUT2D eigenvalue weighted by atomic mass is 10.1. The molecule has 0 aliphatic carbocycles. The van der Waals surface area contributed by atoms with Crippen LogP contribution in [-0.4, -0.2) is 27.8 Å². The molecule has 2 aromatic carbocycles. The summed E-state index contributed by atoms with van der Waals surface area (Å²) in [7, 11) is 0. The predicted octanol–water partition coefficient (Wildman–Crippen LogP) is 4.18. The topological polar surface area (TPSA) is 38.1 Å². The maximum Gasteiger partial charge on any atom is 0.230 e. The van der Waals surface area contributed by atoms with E-state index in [4.69, 9.17) is 0 Å². The molecule has 1 aliphatic heterocycles. The lowest BCUT2D eigenvalue weighted by Crippen LogP contribution is -2.29. The zero-order chi connectivity index (χ0) is 17.4. The lowest BCUT2D eigenvalue weighted by Gasteiger charge is -2.13. The highest BCUT2D eigenvalue weighted by Crippen LogP contribution is 2.28. The number of para-hydroxylation sites is 2. The number of anilines is 1. The second-order valence-electron chi connectivity index (χ2n) is 6.44. The van der Waals surface area contributed by atoms with E-state index in [0.29, 0.717) is 6.42 Å². The van der Waals surface area contributed by atoms with Gasteiger partial charge in [0.1, 0.15) is 0 Å². The molecule has 0 N–H and O–H groups in total. The average Bonchev–Trinajstić information content (AvgIpc) is 3.17. The van der Waals surface area contributed by atoms with E-state index in [1.165, 1.54) is 16.0 Å². The van der Waals surface area contributed by atoms with E-state index in [1.54, 1.807) is 11.8 Å². The summed E-state index contributed by atoms with van der Waals surface area (Å²) in [5, 5.41) is 0. The molecule has 2 heterocycles. The molecule has 0 saturated carbocycles. The minimum atomic E-state index is 0.158. The van der Waals surface area contributed by atoms with Crippen molar-refractivity contribution in [1.29, 1.82) is 0 Å². The van der Waals surface area contributed by atoms with Gasteiger partial charge in [0.05, 0.1) is 11.0 Å². The van der Waals surface area contributed by atoms with Gasteiger partial charge in [-0.2, -0.15) is 0 Å². The molecule has 4 nitrogen and oxygen atoms in total. The zero-order valence-electron chi connectivity index (χ0n) is 14.5. The molecule has 4 rings (SSSR count). The zero-order valence-corrected chi connectivity index (χ0v) is 15.3. The van der Waals surface area contributed by atoms with Crippen molar-refractivity contribution in [3.05, 3.63) is 53.6 Å². The molecule has 25 heavy (non-hydrogen) atoms. The fraction of sp³-hybridized carbons (Fsp3) is 0.300. The molecule has 5 heteroatoms. The molecule has 1 amide bonds. The number of carbonyl (C=O) groups is 1. The quantitative estimate of drug-likeness (QED) is 0.662. The highest BCUT2D eigenvalue weighted by molar-refractivity contribution is 7.99. The number of hydrogen-bond acceptors (Lipinski definition) is 3. The molecule has 0 fully saturated rings. The number of thioether (sulfide) groups is 1. The van der Waals surface area contributed by atoms with Gasteiger partial charge in [0.2, 0.25) is 11.9 Å². The van der Waals surface area contributed by atoms with Crippen LogP contribution in [0.5, 0.6) is 0 Å². The van der Waals surface area contributed by atoms with Crippen LogP contribution < -0.4 is 4.90 Å². The second kappa shape index (κ2) is 6.56. The van der Waals surface area contributed by atoms with Crippen molar-refractivity contribution in [2.24, 2.45) is 0 Å². The maximum absolute atomic E-state index is 12.7. The van der Waals surface area contributed by atoms with Crippen LogP contribution in [0.1, 0.15) is 17.5 Å². The minimum Gasteiger partial charge on any atom is -0.308 e. The van der Waals surface area contributed by atoms with Crippen molar-refractivity contribution in [2.45, 2.75) is 31.7 Å². The van der Waals surface area contributed by atoms with Crippen LogP contribution in [0, 0.1) is 13.8 Å². The van der Waals surface area contributed by atoms with E-state index in [9.17, 15) is 4.79 Å². The van der Waals surface area contributed by atoms with Crippen LogP contribution >= 0.6 is 11.8 Å². The third-order valence-electron chi connectivity index (χ3n) is 4.79. The summed E-state index contributed by atoms with van der Waals surface area (Å²) in [6.45, 7) is 5.79. The molecular weight excluding hydrogens is 330 g/mol. The Bertz CT molecular complexity index is 947.